The number of carbonyl (C=O) groups excluding carboxylic acids is 1. The number of amides is 1. The third-order valence-corrected chi connectivity index (χ3v) is 8.06. The first kappa shape index (κ1) is 24.9. The number of likely N-dealkylation sites (tertiary alicyclic amines) is 1. The van der Waals surface area contributed by atoms with E-state index in [1.807, 2.05) is 11.8 Å². The van der Waals surface area contributed by atoms with Crippen LogP contribution >= 0.6 is 12.4 Å². The van der Waals surface area contributed by atoms with Crippen LogP contribution in [0.4, 0.5) is 17.7 Å². The van der Waals surface area contributed by atoms with Crippen LogP contribution < -0.4 is 20.9 Å². The van der Waals surface area contributed by atoms with Crippen molar-refractivity contribution in [3.05, 3.63) is 18.0 Å². The molecule has 0 aromatic carbocycles. The van der Waals surface area contributed by atoms with Gasteiger partial charge in [0.1, 0.15) is 5.82 Å². The number of ether oxygens (including phenoxy) is 1. The second kappa shape index (κ2) is 9.28. The summed E-state index contributed by atoms with van der Waals surface area (Å²) in [7, 11) is 0. The molecule has 11 nitrogen and oxygen atoms in total. The van der Waals surface area contributed by atoms with Gasteiger partial charge in [0.05, 0.1) is 30.0 Å². The lowest BCUT2D eigenvalue weighted by Gasteiger charge is -2.42. The molecule has 1 amide bonds. The molecule has 0 unspecified atom stereocenters. The molecule has 4 aliphatic rings. The number of carbonyl (C=O) groups is 1. The highest BCUT2D eigenvalue weighted by atomic mass is 35.5. The van der Waals surface area contributed by atoms with Gasteiger partial charge >= 0.3 is 0 Å². The number of nitrogens with zero attached hydrogens (tertiary/aromatic N) is 7. The molecule has 0 saturated carbocycles. The standard InChI is InChI=1S/C24H33N9O2.ClH/c1-23(5-8-32(15-23)20(34)24(2)4-6-28-24)33-7-3-17-18(16-13-26-21(25)27-14-16)29-22(30-19(17)33)31-9-11-35-12-10-31;/h13-14,28H,3-12,15H2,1-2H3,(H2,25,26,27);1H/t23-,24+;/m0./s1. The number of rotatable bonds is 4. The van der Waals surface area contributed by atoms with E-state index in [-0.39, 0.29) is 29.8 Å². The zero-order chi connectivity index (χ0) is 24.2. The second-order valence-electron chi connectivity index (χ2n) is 10.5. The minimum Gasteiger partial charge on any atom is -0.378 e. The van der Waals surface area contributed by atoms with Crippen molar-refractivity contribution >= 4 is 36.0 Å². The highest BCUT2D eigenvalue weighted by Crippen LogP contribution is 2.42. The first-order chi connectivity index (χ1) is 16.9. The molecule has 0 radical (unpaired) electrons. The molecule has 2 aromatic heterocycles. The number of nitrogens with two attached hydrogens (primary N) is 1. The molecular weight excluding hydrogens is 482 g/mol. The molecule has 2 atom stereocenters. The Bertz CT molecular complexity index is 1140. The van der Waals surface area contributed by atoms with Gasteiger partial charge in [0.15, 0.2) is 0 Å². The quantitative estimate of drug-likeness (QED) is 0.606. The van der Waals surface area contributed by atoms with Gasteiger partial charge in [0.2, 0.25) is 17.8 Å². The number of anilines is 3. The van der Waals surface area contributed by atoms with Crippen LogP contribution in [0.2, 0.25) is 0 Å². The molecule has 194 valence electrons. The first-order valence-corrected chi connectivity index (χ1v) is 12.5. The van der Waals surface area contributed by atoms with Crippen molar-refractivity contribution in [2.75, 3.05) is 68.0 Å². The van der Waals surface area contributed by atoms with Crippen molar-refractivity contribution in [2.45, 2.75) is 44.2 Å². The van der Waals surface area contributed by atoms with E-state index in [0.717, 1.165) is 74.6 Å². The smallest absolute Gasteiger partial charge is 0.242 e. The Labute approximate surface area is 217 Å². The zero-order valence-electron chi connectivity index (χ0n) is 20.9. The summed E-state index contributed by atoms with van der Waals surface area (Å²) >= 11 is 0. The number of aromatic nitrogens is 4. The molecule has 6 rings (SSSR count). The van der Waals surface area contributed by atoms with Crippen molar-refractivity contribution < 1.29 is 9.53 Å². The Morgan fingerprint density at radius 1 is 1.08 bits per heavy atom. The number of hydrogen-bond donors (Lipinski definition) is 2. The average molecular weight is 516 g/mol. The summed E-state index contributed by atoms with van der Waals surface area (Å²) in [5.74, 6) is 2.11. The van der Waals surface area contributed by atoms with Gasteiger partial charge in [0, 0.05) is 56.2 Å². The van der Waals surface area contributed by atoms with Crippen LogP contribution in [0.1, 0.15) is 32.3 Å². The van der Waals surface area contributed by atoms with Crippen molar-refractivity contribution in [2.24, 2.45) is 0 Å². The SMILES string of the molecule is C[C@]1(N2CCc3c(-c4cnc(N)nc4)nc(N4CCOCC4)nc32)CCN(C(=O)[C@@]2(C)CCN2)C1.Cl. The lowest BCUT2D eigenvalue weighted by atomic mass is 9.88. The predicted octanol–water partition coefficient (Wildman–Crippen LogP) is 0.880. The topological polar surface area (TPSA) is 126 Å². The average Bonchev–Trinajstić information content (AvgIpc) is 3.47. The van der Waals surface area contributed by atoms with Crippen LogP contribution in [0.15, 0.2) is 12.4 Å². The summed E-state index contributed by atoms with van der Waals surface area (Å²) in [4.78, 5) is 38.3. The van der Waals surface area contributed by atoms with Gasteiger partial charge in [0.25, 0.3) is 0 Å². The van der Waals surface area contributed by atoms with E-state index >= 15 is 0 Å². The Hall–Kier alpha value is -2.76. The van der Waals surface area contributed by atoms with Crippen LogP contribution in [-0.4, -0.2) is 94.3 Å². The van der Waals surface area contributed by atoms with Crippen molar-refractivity contribution in [3.8, 4) is 11.3 Å². The molecule has 6 heterocycles. The molecule has 0 spiro atoms. The van der Waals surface area contributed by atoms with Gasteiger partial charge in [-0.1, -0.05) is 0 Å². The molecule has 0 bridgehead atoms. The monoisotopic (exact) mass is 515 g/mol. The largest absolute Gasteiger partial charge is 0.378 e. The number of fused-ring (bicyclic) bond motifs is 1. The maximum atomic E-state index is 13.2. The fourth-order valence-electron chi connectivity index (χ4n) is 5.74. The fourth-order valence-corrected chi connectivity index (χ4v) is 5.74. The van der Waals surface area contributed by atoms with Crippen LogP contribution in [0.3, 0.4) is 0 Å². The van der Waals surface area contributed by atoms with Crippen LogP contribution in [-0.2, 0) is 16.0 Å². The first-order valence-electron chi connectivity index (χ1n) is 12.5. The van der Waals surface area contributed by atoms with Crippen LogP contribution in [0.25, 0.3) is 11.3 Å². The lowest BCUT2D eigenvalue weighted by Crippen LogP contribution is -2.64. The number of hydrogen-bond acceptors (Lipinski definition) is 10. The molecule has 0 aliphatic carbocycles. The van der Waals surface area contributed by atoms with Gasteiger partial charge in [-0.05, 0) is 39.7 Å². The van der Waals surface area contributed by atoms with Crippen molar-refractivity contribution in [3.63, 3.8) is 0 Å². The van der Waals surface area contributed by atoms with E-state index in [4.69, 9.17) is 20.4 Å². The van der Waals surface area contributed by atoms with E-state index < -0.39 is 5.54 Å². The number of halogens is 1. The zero-order valence-corrected chi connectivity index (χ0v) is 21.7. The Morgan fingerprint density at radius 2 is 1.81 bits per heavy atom. The van der Waals surface area contributed by atoms with Gasteiger partial charge in [-0.2, -0.15) is 4.98 Å². The minimum absolute atomic E-state index is 0. The molecule has 3 N–H and O–H groups in total. The maximum absolute atomic E-state index is 13.2. The normalized spacial score (nSPS) is 27.4. The van der Waals surface area contributed by atoms with E-state index in [1.165, 1.54) is 0 Å². The second-order valence-corrected chi connectivity index (χ2v) is 10.5. The third-order valence-electron chi connectivity index (χ3n) is 8.06. The van der Waals surface area contributed by atoms with Gasteiger partial charge in [-0.3, -0.25) is 4.79 Å². The van der Waals surface area contributed by atoms with E-state index in [1.54, 1.807) is 12.4 Å². The molecule has 12 heteroatoms. The Kier molecular flexibility index (Phi) is 6.42. The summed E-state index contributed by atoms with van der Waals surface area (Å²) in [5.41, 5.74) is 7.95. The van der Waals surface area contributed by atoms with Crippen molar-refractivity contribution in [1.29, 1.82) is 0 Å². The highest BCUT2D eigenvalue weighted by molar-refractivity contribution is 5.87. The maximum Gasteiger partial charge on any atom is 0.242 e. The van der Waals surface area contributed by atoms with E-state index in [2.05, 4.69) is 32.0 Å². The van der Waals surface area contributed by atoms with Gasteiger partial charge in [-0.15, -0.1) is 12.4 Å². The molecule has 3 fully saturated rings. The summed E-state index contributed by atoms with van der Waals surface area (Å²) < 4.78 is 5.55. The van der Waals surface area contributed by atoms with E-state index in [0.29, 0.717) is 25.7 Å². The van der Waals surface area contributed by atoms with E-state index in [9.17, 15) is 4.79 Å². The van der Waals surface area contributed by atoms with Crippen LogP contribution in [0, 0.1) is 0 Å². The lowest BCUT2D eigenvalue weighted by molar-refractivity contribution is -0.139. The predicted molar refractivity (Wildman–Crippen MR) is 139 cm³/mol. The summed E-state index contributed by atoms with van der Waals surface area (Å²) in [6.07, 6.45) is 6.11. The minimum atomic E-state index is -0.415. The number of morpholine rings is 1. The molecular formula is C24H34ClN9O2. The molecule has 36 heavy (non-hydrogen) atoms. The molecule has 2 aromatic rings. The Balaban J connectivity index is 0.00000267. The molecule has 3 saturated heterocycles. The third kappa shape index (κ3) is 4.12. The Morgan fingerprint density at radius 3 is 2.47 bits per heavy atom. The number of nitrogen functional groups attached to an aromatic ring is 1. The fraction of sp³-hybridized carbons (Fsp3) is 0.625. The van der Waals surface area contributed by atoms with Crippen molar-refractivity contribution in [1.82, 2.24) is 30.2 Å². The highest BCUT2D eigenvalue weighted by Gasteiger charge is 2.49. The summed E-state index contributed by atoms with van der Waals surface area (Å²) in [6, 6.07) is 0. The summed E-state index contributed by atoms with van der Waals surface area (Å²) in [5, 5.41) is 3.32. The summed E-state index contributed by atoms with van der Waals surface area (Å²) in [6.45, 7) is 10.3. The van der Waals surface area contributed by atoms with Gasteiger partial charge < -0.3 is 30.5 Å². The number of nitrogens with one attached hydrogen (secondary N) is 1. The molecule has 4 aliphatic heterocycles. The van der Waals surface area contributed by atoms with Gasteiger partial charge in [-0.25, -0.2) is 15.0 Å². The van der Waals surface area contributed by atoms with Crippen LogP contribution in [0.5, 0.6) is 0 Å².